The molecule has 7 heteroatoms. The number of anilines is 1. The Morgan fingerprint density at radius 2 is 1.81 bits per heavy atom. The Morgan fingerprint density at radius 3 is 2.52 bits per heavy atom. The molecule has 1 heterocycles. The highest BCUT2D eigenvalue weighted by Gasteiger charge is 2.16. The van der Waals surface area contributed by atoms with Gasteiger partial charge in [0.25, 0.3) is 0 Å². The molecular weight excluding hydrogens is 344 g/mol. The Labute approximate surface area is 157 Å². The Hall–Kier alpha value is -3.48. The Kier molecular flexibility index (Phi) is 5.61. The lowest BCUT2D eigenvalue weighted by Gasteiger charge is -2.11. The molecule has 0 saturated heterocycles. The van der Waals surface area contributed by atoms with Gasteiger partial charge >= 0.3 is 6.03 Å². The Bertz CT molecular complexity index is 922. The molecule has 2 amide bonds. The van der Waals surface area contributed by atoms with Crippen LogP contribution in [-0.2, 0) is 6.54 Å². The standard InChI is InChI=1S/C20H22N4O3/c1-13-18(22-20(25)21-12-14-7-5-4-6-8-14)19(24-23-13)15-9-10-16(26-2)17(11-15)27-3/h4-11H,12H2,1-3H3,(H,23,24)(H2,21,22,25). The summed E-state index contributed by atoms with van der Waals surface area (Å²) in [6, 6.07) is 14.9. The number of rotatable bonds is 6. The fourth-order valence-corrected chi connectivity index (χ4v) is 2.71. The summed E-state index contributed by atoms with van der Waals surface area (Å²) in [5.41, 5.74) is 3.83. The number of hydrogen-bond donors (Lipinski definition) is 3. The zero-order valence-electron chi connectivity index (χ0n) is 15.5. The van der Waals surface area contributed by atoms with Gasteiger partial charge in [0.15, 0.2) is 11.5 Å². The molecule has 3 aromatic rings. The van der Waals surface area contributed by atoms with Crippen molar-refractivity contribution in [3.05, 3.63) is 59.8 Å². The quantitative estimate of drug-likeness (QED) is 0.620. The zero-order valence-corrected chi connectivity index (χ0v) is 15.5. The van der Waals surface area contributed by atoms with Crippen molar-refractivity contribution < 1.29 is 14.3 Å². The highest BCUT2D eigenvalue weighted by Crippen LogP contribution is 2.35. The number of nitrogens with one attached hydrogen (secondary N) is 3. The molecule has 0 aliphatic carbocycles. The zero-order chi connectivity index (χ0) is 19.2. The number of methoxy groups -OCH3 is 2. The van der Waals surface area contributed by atoms with Gasteiger partial charge in [-0.25, -0.2) is 4.79 Å². The highest BCUT2D eigenvalue weighted by atomic mass is 16.5. The lowest BCUT2D eigenvalue weighted by Crippen LogP contribution is -2.28. The van der Waals surface area contributed by atoms with E-state index in [9.17, 15) is 4.79 Å². The fourth-order valence-electron chi connectivity index (χ4n) is 2.71. The molecule has 140 valence electrons. The number of aromatic nitrogens is 2. The molecule has 3 rings (SSSR count). The van der Waals surface area contributed by atoms with Crippen molar-refractivity contribution in [2.75, 3.05) is 19.5 Å². The van der Waals surface area contributed by atoms with Crippen LogP contribution in [0.4, 0.5) is 10.5 Å². The first kappa shape index (κ1) is 18.3. The van der Waals surface area contributed by atoms with Crippen LogP contribution >= 0.6 is 0 Å². The van der Waals surface area contributed by atoms with E-state index in [2.05, 4.69) is 20.8 Å². The minimum atomic E-state index is -0.301. The average Bonchev–Trinajstić information content (AvgIpc) is 3.07. The first-order valence-corrected chi connectivity index (χ1v) is 8.48. The molecule has 0 aliphatic rings. The third kappa shape index (κ3) is 4.20. The molecule has 2 aromatic carbocycles. The number of aryl methyl sites for hydroxylation is 1. The number of aromatic amines is 1. The molecule has 0 aliphatic heterocycles. The molecule has 0 radical (unpaired) electrons. The van der Waals surface area contributed by atoms with Gasteiger partial charge in [-0.1, -0.05) is 30.3 Å². The van der Waals surface area contributed by atoms with Crippen LogP contribution in [-0.4, -0.2) is 30.4 Å². The second-order valence-corrected chi connectivity index (χ2v) is 5.94. The molecule has 3 N–H and O–H groups in total. The molecule has 0 atom stereocenters. The van der Waals surface area contributed by atoms with E-state index in [1.807, 2.05) is 49.4 Å². The Balaban J connectivity index is 1.77. The largest absolute Gasteiger partial charge is 0.493 e. The lowest BCUT2D eigenvalue weighted by atomic mass is 10.1. The van der Waals surface area contributed by atoms with Crippen molar-refractivity contribution in [2.24, 2.45) is 0 Å². The molecule has 27 heavy (non-hydrogen) atoms. The number of carbonyl (C=O) groups excluding carboxylic acids is 1. The molecule has 7 nitrogen and oxygen atoms in total. The number of H-pyrrole nitrogens is 1. The van der Waals surface area contributed by atoms with Gasteiger partial charge in [0.05, 0.1) is 25.6 Å². The smallest absolute Gasteiger partial charge is 0.319 e. The van der Waals surface area contributed by atoms with Gasteiger partial charge in [-0.3, -0.25) is 5.10 Å². The third-order valence-electron chi connectivity index (χ3n) is 4.14. The van der Waals surface area contributed by atoms with Gasteiger partial charge in [-0.15, -0.1) is 0 Å². The molecule has 0 spiro atoms. The van der Waals surface area contributed by atoms with Crippen molar-refractivity contribution >= 4 is 11.7 Å². The summed E-state index contributed by atoms with van der Waals surface area (Å²) in [7, 11) is 3.16. The second-order valence-electron chi connectivity index (χ2n) is 5.94. The van der Waals surface area contributed by atoms with Crippen LogP contribution in [0.25, 0.3) is 11.3 Å². The van der Waals surface area contributed by atoms with E-state index in [1.54, 1.807) is 20.3 Å². The summed E-state index contributed by atoms with van der Waals surface area (Å²) in [5, 5.41) is 13.0. The topological polar surface area (TPSA) is 88.3 Å². The van der Waals surface area contributed by atoms with E-state index in [-0.39, 0.29) is 6.03 Å². The van der Waals surface area contributed by atoms with Crippen molar-refractivity contribution in [2.45, 2.75) is 13.5 Å². The van der Waals surface area contributed by atoms with E-state index in [1.165, 1.54) is 0 Å². The summed E-state index contributed by atoms with van der Waals surface area (Å²) < 4.78 is 10.6. The van der Waals surface area contributed by atoms with Crippen LogP contribution < -0.4 is 20.1 Å². The van der Waals surface area contributed by atoms with Gasteiger partial charge in [0.2, 0.25) is 0 Å². The minimum Gasteiger partial charge on any atom is -0.493 e. The highest BCUT2D eigenvalue weighted by molar-refractivity contribution is 5.94. The SMILES string of the molecule is COc1ccc(-c2n[nH]c(C)c2NC(=O)NCc2ccccc2)cc1OC. The molecule has 0 fully saturated rings. The summed E-state index contributed by atoms with van der Waals surface area (Å²) in [4.78, 5) is 12.3. The maximum atomic E-state index is 12.3. The van der Waals surface area contributed by atoms with E-state index >= 15 is 0 Å². The normalized spacial score (nSPS) is 10.3. The average molecular weight is 366 g/mol. The van der Waals surface area contributed by atoms with Gasteiger partial charge in [-0.05, 0) is 30.7 Å². The molecular formula is C20H22N4O3. The van der Waals surface area contributed by atoms with E-state index in [0.29, 0.717) is 29.4 Å². The van der Waals surface area contributed by atoms with Gasteiger partial charge in [-0.2, -0.15) is 5.10 Å². The predicted molar refractivity (Wildman–Crippen MR) is 104 cm³/mol. The first-order valence-electron chi connectivity index (χ1n) is 8.48. The number of nitrogens with zero attached hydrogens (tertiary/aromatic N) is 1. The van der Waals surface area contributed by atoms with Crippen molar-refractivity contribution in [1.82, 2.24) is 15.5 Å². The molecule has 0 unspecified atom stereocenters. The van der Waals surface area contributed by atoms with Crippen molar-refractivity contribution in [3.63, 3.8) is 0 Å². The number of urea groups is 1. The number of hydrogen-bond acceptors (Lipinski definition) is 4. The molecule has 0 bridgehead atoms. The summed E-state index contributed by atoms with van der Waals surface area (Å²) >= 11 is 0. The molecule has 1 aromatic heterocycles. The van der Waals surface area contributed by atoms with E-state index < -0.39 is 0 Å². The third-order valence-corrected chi connectivity index (χ3v) is 4.14. The van der Waals surface area contributed by atoms with Crippen LogP contribution in [0.2, 0.25) is 0 Å². The summed E-state index contributed by atoms with van der Waals surface area (Å²) in [5.74, 6) is 1.22. The Morgan fingerprint density at radius 1 is 1.07 bits per heavy atom. The predicted octanol–water partition coefficient (Wildman–Crippen LogP) is 3.72. The number of carbonyl (C=O) groups is 1. The van der Waals surface area contributed by atoms with Crippen molar-refractivity contribution in [3.8, 4) is 22.8 Å². The summed E-state index contributed by atoms with van der Waals surface area (Å²) in [6.07, 6.45) is 0. The van der Waals surface area contributed by atoms with Crippen LogP contribution in [0.1, 0.15) is 11.3 Å². The van der Waals surface area contributed by atoms with Crippen LogP contribution in [0.15, 0.2) is 48.5 Å². The maximum absolute atomic E-state index is 12.3. The van der Waals surface area contributed by atoms with Gasteiger partial charge < -0.3 is 20.1 Å². The number of ether oxygens (including phenoxy) is 2. The summed E-state index contributed by atoms with van der Waals surface area (Å²) in [6.45, 7) is 2.29. The van der Waals surface area contributed by atoms with Gasteiger partial charge in [0, 0.05) is 12.1 Å². The number of amides is 2. The number of benzene rings is 2. The van der Waals surface area contributed by atoms with E-state index in [0.717, 1.165) is 16.8 Å². The molecule has 0 saturated carbocycles. The maximum Gasteiger partial charge on any atom is 0.319 e. The monoisotopic (exact) mass is 366 g/mol. The first-order chi connectivity index (χ1) is 13.1. The van der Waals surface area contributed by atoms with Crippen molar-refractivity contribution in [1.29, 1.82) is 0 Å². The second kappa shape index (κ2) is 8.27. The van der Waals surface area contributed by atoms with E-state index in [4.69, 9.17) is 9.47 Å². The van der Waals surface area contributed by atoms with Crippen LogP contribution in [0, 0.1) is 6.92 Å². The van der Waals surface area contributed by atoms with Crippen LogP contribution in [0.5, 0.6) is 11.5 Å². The van der Waals surface area contributed by atoms with Gasteiger partial charge in [0.1, 0.15) is 5.69 Å². The fraction of sp³-hybridized carbons (Fsp3) is 0.200. The van der Waals surface area contributed by atoms with Crippen LogP contribution in [0.3, 0.4) is 0 Å². The minimum absolute atomic E-state index is 0.301. The lowest BCUT2D eigenvalue weighted by molar-refractivity contribution is 0.251.